The fraction of sp³-hybridized carbons (Fsp3) is 0.417. The van der Waals surface area contributed by atoms with Crippen LogP contribution in [0.4, 0.5) is 5.00 Å². The largest absolute Gasteiger partial charge is 0.481 e. The van der Waals surface area contributed by atoms with Gasteiger partial charge in [-0.3, -0.25) is 14.4 Å². The maximum absolute atomic E-state index is 11.6. The van der Waals surface area contributed by atoms with E-state index in [2.05, 4.69) is 5.32 Å². The molecule has 0 aliphatic heterocycles. The molecule has 0 fully saturated rings. The molecule has 1 aliphatic carbocycles. The van der Waals surface area contributed by atoms with Crippen molar-refractivity contribution in [2.24, 2.45) is 5.73 Å². The van der Waals surface area contributed by atoms with Crippen LogP contribution in [0.15, 0.2) is 0 Å². The van der Waals surface area contributed by atoms with Gasteiger partial charge in [0.05, 0.1) is 11.5 Å². The van der Waals surface area contributed by atoms with Gasteiger partial charge in [0.2, 0.25) is 5.91 Å². The minimum absolute atomic E-state index is 0.107. The molecule has 1 aliphatic rings. The van der Waals surface area contributed by atoms with Crippen molar-refractivity contribution < 1.29 is 19.5 Å². The van der Waals surface area contributed by atoms with Crippen LogP contribution in [-0.2, 0) is 16.0 Å². The Morgan fingerprint density at radius 1 is 1.45 bits per heavy atom. The molecule has 20 heavy (non-hydrogen) atoms. The van der Waals surface area contributed by atoms with E-state index in [1.807, 2.05) is 0 Å². The first-order chi connectivity index (χ1) is 9.45. The highest BCUT2D eigenvalue weighted by Crippen LogP contribution is 2.43. The molecule has 1 unspecified atom stereocenters. The van der Waals surface area contributed by atoms with Gasteiger partial charge >= 0.3 is 5.97 Å². The number of hydrogen-bond donors (Lipinski definition) is 3. The van der Waals surface area contributed by atoms with Crippen molar-refractivity contribution in [2.75, 3.05) is 11.2 Å². The number of carboxylic acid groups (broad SMARTS) is 1. The van der Waals surface area contributed by atoms with Crippen LogP contribution < -0.4 is 11.1 Å². The average molecular weight is 317 g/mol. The van der Waals surface area contributed by atoms with Gasteiger partial charge in [-0.25, -0.2) is 0 Å². The van der Waals surface area contributed by atoms with E-state index in [9.17, 15) is 19.5 Å². The Labute approximate surface area is 123 Å². The van der Waals surface area contributed by atoms with Gasteiger partial charge in [0.25, 0.3) is 5.91 Å². The number of nitrogens with two attached hydrogens (primary N) is 1. The molecule has 0 radical (unpaired) electrons. The molecule has 1 aromatic heterocycles. The molecule has 0 bridgehead atoms. The van der Waals surface area contributed by atoms with Crippen molar-refractivity contribution in [3.63, 3.8) is 0 Å². The number of thiophene rings is 1. The summed E-state index contributed by atoms with van der Waals surface area (Å²) < 4.78 is 0. The summed E-state index contributed by atoms with van der Waals surface area (Å²) in [6.45, 7) is 0. The lowest BCUT2D eigenvalue weighted by Crippen LogP contribution is -2.23. The predicted octanol–water partition coefficient (Wildman–Crippen LogP) is 1.53. The number of aryl methyl sites for hydroxylation is 1. The van der Waals surface area contributed by atoms with E-state index >= 15 is 0 Å². The van der Waals surface area contributed by atoms with E-state index < -0.39 is 23.7 Å². The van der Waals surface area contributed by atoms with E-state index in [0.29, 0.717) is 23.4 Å². The van der Waals surface area contributed by atoms with Gasteiger partial charge in [-0.1, -0.05) is 0 Å². The number of anilines is 1. The molecule has 1 heterocycles. The van der Waals surface area contributed by atoms with Crippen molar-refractivity contribution in [3.05, 3.63) is 16.0 Å². The lowest BCUT2D eigenvalue weighted by atomic mass is 9.85. The van der Waals surface area contributed by atoms with Crippen molar-refractivity contribution in [1.82, 2.24) is 0 Å². The first kappa shape index (κ1) is 14.8. The first-order valence-electron chi connectivity index (χ1n) is 5.99. The highest BCUT2D eigenvalue weighted by Gasteiger charge is 2.34. The van der Waals surface area contributed by atoms with Crippen LogP contribution in [0.2, 0.25) is 0 Å². The number of halogens is 1. The van der Waals surface area contributed by atoms with E-state index in [1.54, 1.807) is 0 Å². The van der Waals surface area contributed by atoms with E-state index in [-0.39, 0.29) is 11.4 Å². The number of nitrogens with one attached hydrogen (secondary N) is 1. The van der Waals surface area contributed by atoms with Gasteiger partial charge in [0, 0.05) is 4.88 Å². The molecule has 0 saturated carbocycles. The third-order valence-electron chi connectivity index (χ3n) is 3.19. The van der Waals surface area contributed by atoms with Crippen LogP contribution in [-0.4, -0.2) is 28.8 Å². The van der Waals surface area contributed by atoms with E-state index in [0.717, 1.165) is 11.3 Å². The second-order valence-electron chi connectivity index (χ2n) is 4.47. The number of carbonyl (C=O) groups is 3. The van der Waals surface area contributed by atoms with Crippen molar-refractivity contribution >= 4 is 45.7 Å². The maximum Gasteiger partial charge on any atom is 0.311 e. The van der Waals surface area contributed by atoms with Gasteiger partial charge in [0.15, 0.2) is 0 Å². The average Bonchev–Trinajstić information content (AvgIpc) is 2.75. The molecule has 8 heteroatoms. The predicted molar refractivity (Wildman–Crippen MR) is 75.5 cm³/mol. The number of primary amides is 1. The number of carboxylic acids is 1. The Bertz CT molecular complexity index is 584. The number of rotatable bonds is 4. The van der Waals surface area contributed by atoms with Gasteiger partial charge in [-0.2, -0.15) is 0 Å². The highest BCUT2D eigenvalue weighted by molar-refractivity contribution is 7.17. The number of hydrogen-bond acceptors (Lipinski definition) is 4. The maximum atomic E-state index is 11.6. The molecule has 0 aromatic carbocycles. The Morgan fingerprint density at radius 2 is 2.15 bits per heavy atom. The quantitative estimate of drug-likeness (QED) is 0.732. The monoisotopic (exact) mass is 316 g/mol. The number of alkyl halides is 1. The van der Waals surface area contributed by atoms with Crippen molar-refractivity contribution in [2.45, 2.75) is 25.2 Å². The SMILES string of the molecule is NC(=O)c1c(NC(=O)CCl)sc2c1C(C(=O)O)CCC2. The van der Waals surface area contributed by atoms with Crippen molar-refractivity contribution in [3.8, 4) is 0 Å². The summed E-state index contributed by atoms with van der Waals surface area (Å²) in [4.78, 5) is 35.1. The van der Waals surface area contributed by atoms with Crippen LogP contribution in [0.1, 0.15) is 39.6 Å². The smallest absolute Gasteiger partial charge is 0.311 e. The molecular weight excluding hydrogens is 304 g/mol. The molecular formula is C12H13ClN2O4S. The zero-order chi connectivity index (χ0) is 14.9. The third-order valence-corrected chi connectivity index (χ3v) is 4.61. The lowest BCUT2D eigenvalue weighted by molar-refractivity contribution is -0.139. The minimum atomic E-state index is -0.985. The summed E-state index contributed by atoms with van der Waals surface area (Å²) in [6, 6.07) is 0. The zero-order valence-electron chi connectivity index (χ0n) is 10.4. The van der Waals surface area contributed by atoms with Crippen LogP contribution in [0.5, 0.6) is 0 Å². The molecule has 2 amide bonds. The van der Waals surface area contributed by atoms with Crippen LogP contribution in [0, 0.1) is 0 Å². The summed E-state index contributed by atoms with van der Waals surface area (Å²) >= 11 is 6.62. The molecule has 0 spiro atoms. The molecule has 0 saturated heterocycles. The van der Waals surface area contributed by atoms with Gasteiger partial charge in [0.1, 0.15) is 10.9 Å². The first-order valence-corrected chi connectivity index (χ1v) is 7.34. The number of aliphatic carboxylic acids is 1. The molecule has 108 valence electrons. The van der Waals surface area contributed by atoms with Gasteiger partial charge in [-0.15, -0.1) is 22.9 Å². The molecule has 4 N–H and O–H groups in total. The topological polar surface area (TPSA) is 109 Å². The summed E-state index contributed by atoms with van der Waals surface area (Å²) in [7, 11) is 0. The Balaban J connectivity index is 2.53. The minimum Gasteiger partial charge on any atom is -0.481 e. The molecule has 2 rings (SSSR count). The fourth-order valence-electron chi connectivity index (χ4n) is 2.40. The summed E-state index contributed by atoms with van der Waals surface area (Å²) in [6.07, 6.45) is 1.87. The lowest BCUT2D eigenvalue weighted by Gasteiger charge is -2.19. The summed E-state index contributed by atoms with van der Waals surface area (Å²) in [5.74, 6) is -3.18. The van der Waals surface area contributed by atoms with E-state index in [1.165, 1.54) is 11.3 Å². The van der Waals surface area contributed by atoms with Gasteiger partial charge < -0.3 is 16.2 Å². The second kappa shape index (κ2) is 5.80. The van der Waals surface area contributed by atoms with E-state index in [4.69, 9.17) is 17.3 Å². The number of fused-ring (bicyclic) bond motifs is 1. The van der Waals surface area contributed by atoms with Crippen LogP contribution >= 0.6 is 22.9 Å². The highest BCUT2D eigenvalue weighted by atomic mass is 35.5. The molecule has 1 atom stereocenters. The Hall–Kier alpha value is -1.60. The summed E-state index contributed by atoms with van der Waals surface area (Å²) in [5.41, 5.74) is 5.91. The fourth-order valence-corrected chi connectivity index (χ4v) is 3.79. The molecule has 1 aromatic rings. The van der Waals surface area contributed by atoms with Gasteiger partial charge in [-0.05, 0) is 24.8 Å². The van der Waals surface area contributed by atoms with Crippen LogP contribution in [0.3, 0.4) is 0 Å². The standard InChI is InChI=1S/C12H13ClN2O4S/c13-4-7(16)15-11-9(10(14)17)8-5(12(18)19)2-1-3-6(8)20-11/h5H,1-4H2,(H2,14,17)(H,15,16)(H,18,19). The third kappa shape index (κ3) is 2.64. The zero-order valence-corrected chi connectivity index (χ0v) is 12.0. The van der Waals surface area contributed by atoms with Crippen molar-refractivity contribution in [1.29, 1.82) is 0 Å². The number of carbonyl (C=O) groups excluding carboxylic acids is 2. The Kier molecular flexibility index (Phi) is 4.29. The normalized spacial score (nSPS) is 17.4. The van der Waals surface area contributed by atoms with Crippen LogP contribution in [0.25, 0.3) is 0 Å². The summed E-state index contributed by atoms with van der Waals surface area (Å²) in [5, 5.41) is 12.1. The molecule has 6 nitrogen and oxygen atoms in total. The Morgan fingerprint density at radius 3 is 2.70 bits per heavy atom. The second-order valence-corrected chi connectivity index (χ2v) is 5.84. The number of amides is 2.